The Hall–Kier alpha value is -3.04. The van der Waals surface area contributed by atoms with E-state index in [0.29, 0.717) is 11.6 Å². The molecule has 1 fully saturated rings. The number of carbonyl (C=O) groups excluding carboxylic acids is 1. The van der Waals surface area contributed by atoms with Crippen LogP contribution in [0.25, 0.3) is 0 Å². The number of amides is 2. The first-order valence-electron chi connectivity index (χ1n) is 11.8. The highest BCUT2D eigenvalue weighted by atomic mass is 32.2. The lowest BCUT2D eigenvalue weighted by Crippen LogP contribution is -2.31. The fourth-order valence-corrected chi connectivity index (χ4v) is 5.71. The maximum Gasteiger partial charge on any atom is 0.325 e. The molecule has 7 nitrogen and oxygen atoms in total. The number of carboxylic acid groups (broad SMARTS) is 1. The number of hydrogen-bond donors (Lipinski definition) is 3. The van der Waals surface area contributed by atoms with Gasteiger partial charge in [-0.25, -0.2) is 9.78 Å². The number of benzene rings is 2. The summed E-state index contributed by atoms with van der Waals surface area (Å²) < 4.78 is 0. The van der Waals surface area contributed by atoms with E-state index < -0.39 is 5.97 Å². The summed E-state index contributed by atoms with van der Waals surface area (Å²) in [6.45, 7) is 4.09. The average molecular weight is 511 g/mol. The van der Waals surface area contributed by atoms with Crippen LogP contribution in [0.3, 0.4) is 0 Å². The number of rotatable bonds is 9. The summed E-state index contributed by atoms with van der Waals surface area (Å²) in [6, 6.07) is 13.8. The van der Waals surface area contributed by atoms with Crippen molar-refractivity contribution in [2.45, 2.75) is 49.7 Å². The van der Waals surface area contributed by atoms with Crippen molar-refractivity contribution in [3.63, 3.8) is 0 Å². The topological polar surface area (TPSA) is 94.6 Å². The van der Waals surface area contributed by atoms with E-state index in [0.717, 1.165) is 45.6 Å². The van der Waals surface area contributed by atoms with E-state index >= 15 is 0 Å². The Morgan fingerprint density at radius 1 is 1.09 bits per heavy atom. The van der Waals surface area contributed by atoms with Gasteiger partial charge in [0, 0.05) is 41.2 Å². The zero-order valence-electron chi connectivity index (χ0n) is 19.8. The maximum absolute atomic E-state index is 12.7. The Kier molecular flexibility index (Phi) is 8.65. The number of aromatic nitrogens is 1. The molecular formula is C26H30N4O3S2. The molecule has 0 spiro atoms. The third-order valence-electron chi connectivity index (χ3n) is 5.80. The van der Waals surface area contributed by atoms with Crippen molar-refractivity contribution in [2.24, 2.45) is 0 Å². The summed E-state index contributed by atoms with van der Waals surface area (Å²) in [6.07, 6.45) is 6.07. The van der Waals surface area contributed by atoms with Crippen LogP contribution in [0.15, 0.2) is 53.6 Å². The van der Waals surface area contributed by atoms with Crippen molar-refractivity contribution in [3.05, 3.63) is 64.7 Å². The molecule has 1 saturated heterocycles. The highest BCUT2D eigenvalue weighted by Crippen LogP contribution is 2.31. The van der Waals surface area contributed by atoms with E-state index in [1.54, 1.807) is 18.0 Å². The van der Waals surface area contributed by atoms with Gasteiger partial charge in [0.05, 0.1) is 11.4 Å². The van der Waals surface area contributed by atoms with Crippen molar-refractivity contribution in [2.75, 3.05) is 28.6 Å². The summed E-state index contributed by atoms with van der Waals surface area (Å²) in [4.78, 5) is 32.3. The molecule has 1 aromatic heterocycles. The quantitative estimate of drug-likeness (QED) is 0.289. The minimum Gasteiger partial charge on any atom is -0.481 e. The van der Waals surface area contributed by atoms with Crippen LogP contribution < -0.4 is 15.5 Å². The van der Waals surface area contributed by atoms with E-state index in [2.05, 4.69) is 33.5 Å². The second kappa shape index (κ2) is 12.1. The molecule has 0 radical (unpaired) electrons. The number of nitrogens with zero attached hydrogens (tertiary/aromatic N) is 2. The molecule has 4 rings (SSSR count). The summed E-state index contributed by atoms with van der Waals surface area (Å²) in [5.41, 5.74) is 4.08. The van der Waals surface area contributed by atoms with Gasteiger partial charge in [0.15, 0.2) is 5.13 Å². The molecule has 9 heteroatoms. The number of aliphatic carboxylic acids is 1. The maximum atomic E-state index is 12.7. The molecule has 0 saturated carbocycles. The number of carbonyl (C=O) groups is 2. The number of urea groups is 1. The average Bonchev–Trinajstić information content (AvgIpc) is 3.30. The van der Waals surface area contributed by atoms with Crippen molar-refractivity contribution in [1.82, 2.24) is 4.98 Å². The number of nitrogens with one attached hydrogen (secondary N) is 2. The van der Waals surface area contributed by atoms with Crippen LogP contribution in [0.2, 0.25) is 0 Å². The van der Waals surface area contributed by atoms with Crippen LogP contribution in [0.1, 0.15) is 41.7 Å². The van der Waals surface area contributed by atoms with Crippen LogP contribution in [-0.4, -0.2) is 35.2 Å². The summed E-state index contributed by atoms with van der Waals surface area (Å²) in [7, 11) is 0. The molecule has 2 amide bonds. The monoisotopic (exact) mass is 510 g/mol. The molecule has 0 atom stereocenters. The Balaban J connectivity index is 1.30. The van der Waals surface area contributed by atoms with E-state index in [9.17, 15) is 9.59 Å². The van der Waals surface area contributed by atoms with E-state index in [1.807, 2.05) is 36.4 Å². The molecule has 35 heavy (non-hydrogen) atoms. The van der Waals surface area contributed by atoms with Gasteiger partial charge in [0.25, 0.3) is 0 Å². The molecule has 184 valence electrons. The van der Waals surface area contributed by atoms with Gasteiger partial charge in [-0.2, -0.15) is 0 Å². The van der Waals surface area contributed by atoms with Crippen molar-refractivity contribution in [1.29, 1.82) is 0 Å². The third kappa shape index (κ3) is 7.47. The van der Waals surface area contributed by atoms with Crippen LogP contribution in [0, 0.1) is 6.92 Å². The van der Waals surface area contributed by atoms with E-state index in [-0.39, 0.29) is 12.5 Å². The molecular weight excluding hydrogens is 480 g/mol. The molecule has 3 N–H and O–H groups in total. The lowest BCUT2D eigenvalue weighted by molar-refractivity contribution is -0.136. The number of piperidine rings is 1. The van der Waals surface area contributed by atoms with Gasteiger partial charge in [0.1, 0.15) is 0 Å². The van der Waals surface area contributed by atoms with Crippen LogP contribution in [0.4, 0.5) is 21.3 Å². The first-order valence-corrected chi connectivity index (χ1v) is 13.6. The van der Waals surface area contributed by atoms with Gasteiger partial charge in [-0.3, -0.25) is 10.1 Å². The fraction of sp³-hybridized carbons (Fsp3) is 0.346. The van der Waals surface area contributed by atoms with Gasteiger partial charge >= 0.3 is 12.0 Å². The van der Waals surface area contributed by atoms with Crippen LogP contribution in [-0.2, 0) is 17.0 Å². The minimum absolute atomic E-state index is 0.139. The number of thioether (sulfide) groups is 1. The molecule has 1 aliphatic heterocycles. The number of hydrogen-bond acceptors (Lipinski definition) is 6. The normalized spacial score (nSPS) is 13.5. The Morgan fingerprint density at radius 2 is 1.86 bits per heavy atom. The molecule has 2 heterocycles. The van der Waals surface area contributed by atoms with Gasteiger partial charge in [-0.1, -0.05) is 18.2 Å². The number of carboxylic acids is 1. The Bertz CT molecular complexity index is 1160. The zero-order chi connectivity index (χ0) is 24.6. The molecule has 0 unspecified atom stereocenters. The highest BCUT2D eigenvalue weighted by molar-refractivity contribution is 7.98. The predicted molar refractivity (Wildman–Crippen MR) is 144 cm³/mol. The molecule has 1 aliphatic rings. The van der Waals surface area contributed by atoms with Crippen molar-refractivity contribution < 1.29 is 14.7 Å². The predicted octanol–water partition coefficient (Wildman–Crippen LogP) is 6.40. The zero-order valence-corrected chi connectivity index (χ0v) is 21.4. The molecule has 2 aromatic carbocycles. The Labute approximate surface area is 214 Å². The largest absolute Gasteiger partial charge is 0.481 e. The van der Waals surface area contributed by atoms with Gasteiger partial charge < -0.3 is 15.3 Å². The summed E-state index contributed by atoms with van der Waals surface area (Å²) in [5, 5.41) is 15.2. The Morgan fingerprint density at radius 3 is 2.60 bits per heavy atom. The second-order valence-electron chi connectivity index (χ2n) is 8.61. The molecule has 0 bridgehead atoms. The van der Waals surface area contributed by atoms with Crippen LogP contribution in [0.5, 0.6) is 0 Å². The first-order chi connectivity index (χ1) is 17.0. The van der Waals surface area contributed by atoms with Crippen molar-refractivity contribution in [3.8, 4) is 0 Å². The van der Waals surface area contributed by atoms with Crippen molar-refractivity contribution >= 4 is 51.6 Å². The molecule has 3 aromatic rings. The van der Waals surface area contributed by atoms with Crippen LogP contribution >= 0.6 is 23.1 Å². The van der Waals surface area contributed by atoms with E-state index in [1.165, 1.54) is 36.2 Å². The SMILES string of the molecule is Cc1ccc(NC(=O)Nc2ncc(CSc3ccc(CCC(=O)O)cc3)s2)c(N2CCCCC2)c1. The van der Waals surface area contributed by atoms with Gasteiger partial charge in [-0.15, -0.1) is 23.1 Å². The number of anilines is 3. The number of thiazole rings is 1. The highest BCUT2D eigenvalue weighted by Gasteiger charge is 2.17. The first kappa shape index (κ1) is 25.1. The fourth-order valence-electron chi connectivity index (χ4n) is 3.98. The standard InChI is InChI=1S/C26H30N4O3S2/c1-18-5-11-22(23(15-18)30-13-3-2-4-14-30)28-25(33)29-26-27-16-21(35-26)17-34-20-9-6-19(7-10-20)8-12-24(31)32/h5-7,9-11,15-16H,2-4,8,12-14,17H2,1H3,(H,31,32)(H2,27,28,29,33). The number of aryl methyl sites for hydroxylation is 2. The van der Waals surface area contributed by atoms with Gasteiger partial charge in [-0.05, 0) is 68.0 Å². The van der Waals surface area contributed by atoms with E-state index in [4.69, 9.17) is 5.11 Å². The lowest BCUT2D eigenvalue weighted by atomic mass is 10.1. The summed E-state index contributed by atoms with van der Waals surface area (Å²) >= 11 is 3.14. The minimum atomic E-state index is -0.784. The van der Waals surface area contributed by atoms with Gasteiger partial charge in [0.2, 0.25) is 0 Å². The summed E-state index contributed by atoms with van der Waals surface area (Å²) in [5.74, 6) is -0.0416. The smallest absolute Gasteiger partial charge is 0.325 e. The third-order valence-corrected chi connectivity index (χ3v) is 7.96. The second-order valence-corrected chi connectivity index (χ2v) is 10.8. The lowest BCUT2D eigenvalue weighted by Gasteiger charge is -2.30. The molecule has 0 aliphatic carbocycles.